The molecule has 0 heterocycles. The highest BCUT2D eigenvalue weighted by Gasteiger charge is 2.20. The predicted octanol–water partition coefficient (Wildman–Crippen LogP) is 2.71. The van der Waals surface area contributed by atoms with Crippen molar-refractivity contribution >= 4 is 31.9 Å². The monoisotopic (exact) mass is 357 g/mol. The van der Waals surface area contributed by atoms with Gasteiger partial charge in [0.15, 0.2) is 0 Å². The third-order valence-electron chi connectivity index (χ3n) is 2.47. The van der Waals surface area contributed by atoms with Crippen LogP contribution >= 0.6 is 15.9 Å². The van der Waals surface area contributed by atoms with Gasteiger partial charge in [-0.05, 0) is 36.4 Å². The van der Waals surface area contributed by atoms with E-state index < -0.39 is 21.7 Å². The van der Waals surface area contributed by atoms with Gasteiger partial charge in [0.1, 0.15) is 5.82 Å². The van der Waals surface area contributed by atoms with Gasteiger partial charge in [0.05, 0.1) is 10.5 Å². The lowest BCUT2D eigenvalue weighted by atomic mass is 10.2. The van der Waals surface area contributed by atoms with Gasteiger partial charge in [0.2, 0.25) is 0 Å². The van der Waals surface area contributed by atoms with E-state index in [4.69, 9.17) is 0 Å². The summed E-state index contributed by atoms with van der Waals surface area (Å²) in [5.41, 5.74) is -0.326. The van der Waals surface area contributed by atoms with Gasteiger partial charge in [-0.25, -0.2) is 17.5 Å². The molecule has 0 aliphatic rings. The number of benzene rings is 2. The lowest BCUT2D eigenvalue weighted by molar-refractivity contribution is 0.0977. The van der Waals surface area contributed by atoms with Crippen LogP contribution < -0.4 is 4.72 Å². The third-order valence-corrected chi connectivity index (χ3v) is 4.35. The highest BCUT2D eigenvalue weighted by atomic mass is 79.9. The Morgan fingerprint density at radius 3 is 2.25 bits per heavy atom. The van der Waals surface area contributed by atoms with Crippen molar-refractivity contribution in [2.75, 3.05) is 0 Å². The molecule has 0 bridgehead atoms. The van der Waals surface area contributed by atoms with Crippen LogP contribution in [0.1, 0.15) is 10.4 Å². The first-order valence-electron chi connectivity index (χ1n) is 5.47. The number of halogens is 2. The first-order valence-corrected chi connectivity index (χ1v) is 7.75. The number of nitrogens with one attached hydrogen (secondary N) is 1. The van der Waals surface area contributed by atoms with E-state index in [0.29, 0.717) is 4.47 Å². The molecule has 0 unspecified atom stereocenters. The molecule has 4 nitrogen and oxygen atoms in total. The molecule has 1 amide bonds. The molecule has 0 saturated carbocycles. The Balaban J connectivity index is 2.27. The minimum absolute atomic E-state index is 0.0783. The molecule has 20 heavy (non-hydrogen) atoms. The summed E-state index contributed by atoms with van der Waals surface area (Å²) in [7, 11) is -4.03. The first-order chi connectivity index (χ1) is 9.40. The van der Waals surface area contributed by atoms with E-state index in [9.17, 15) is 17.6 Å². The fourth-order valence-corrected chi connectivity index (χ4v) is 2.73. The summed E-state index contributed by atoms with van der Waals surface area (Å²) in [5.74, 6) is -1.79. The van der Waals surface area contributed by atoms with Gasteiger partial charge < -0.3 is 0 Å². The second kappa shape index (κ2) is 5.72. The number of amides is 1. The molecule has 0 aliphatic heterocycles. The predicted molar refractivity (Wildman–Crippen MR) is 75.2 cm³/mol. The van der Waals surface area contributed by atoms with E-state index in [0.717, 1.165) is 6.07 Å². The Morgan fingerprint density at radius 1 is 1.05 bits per heavy atom. The topological polar surface area (TPSA) is 63.2 Å². The number of rotatable bonds is 3. The van der Waals surface area contributed by atoms with Gasteiger partial charge >= 0.3 is 0 Å². The molecule has 0 spiro atoms. The average molecular weight is 358 g/mol. The molecule has 7 heteroatoms. The molecule has 0 fully saturated rings. The highest BCUT2D eigenvalue weighted by molar-refractivity contribution is 9.10. The van der Waals surface area contributed by atoms with Gasteiger partial charge in [-0.15, -0.1) is 0 Å². The molecule has 0 aromatic heterocycles. The zero-order chi connectivity index (χ0) is 14.8. The van der Waals surface area contributed by atoms with E-state index in [1.165, 1.54) is 42.5 Å². The molecule has 2 rings (SSSR count). The molecule has 1 N–H and O–H groups in total. The molecule has 2 aromatic carbocycles. The quantitative estimate of drug-likeness (QED) is 0.918. The van der Waals surface area contributed by atoms with Crippen molar-refractivity contribution in [2.45, 2.75) is 4.90 Å². The smallest absolute Gasteiger partial charge is 0.267 e. The van der Waals surface area contributed by atoms with Crippen LogP contribution in [0.4, 0.5) is 4.39 Å². The van der Waals surface area contributed by atoms with Crippen LogP contribution in [0.5, 0.6) is 0 Å². The average Bonchev–Trinajstić information content (AvgIpc) is 2.39. The zero-order valence-corrected chi connectivity index (χ0v) is 12.4. The van der Waals surface area contributed by atoms with Crippen LogP contribution in [0.2, 0.25) is 0 Å². The standard InChI is InChI=1S/C13H9BrFNO3S/c14-9-5-7-10(8-6-9)20(18,19)16-13(17)11-3-1-2-4-12(11)15/h1-8H,(H,16,17). The van der Waals surface area contributed by atoms with Crippen LogP contribution in [0.25, 0.3) is 0 Å². The Hall–Kier alpha value is -1.73. The van der Waals surface area contributed by atoms with Gasteiger partial charge in [-0.1, -0.05) is 28.1 Å². The van der Waals surface area contributed by atoms with Crippen molar-refractivity contribution in [2.24, 2.45) is 0 Å². The zero-order valence-electron chi connectivity index (χ0n) is 10.0. The van der Waals surface area contributed by atoms with E-state index in [1.54, 1.807) is 0 Å². The van der Waals surface area contributed by atoms with Crippen molar-refractivity contribution in [1.82, 2.24) is 4.72 Å². The number of hydrogen-bond acceptors (Lipinski definition) is 3. The molecule has 0 aliphatic carbocycles. The Morgan fingerprint density at radius 2 is 1.65 bits per heavy atom. The summed E-state index contributed by atoms with van der Waals surface area (Å²) in [6, 6.07) is 10.9. The van der Waals surface area contributed by atoms with Crippen molar-refractivity contribution in [3.8, 4) is 0 Å². The van der Waals surface area contributed by atoms with Gasteiger partial charge in [0.25, 0.3) is 15.9 Å². The summed E-state index contributed by atoms with van der Waals surface area (Å²) in [5, 5.41) is 0. The lowest BCUT2D eigenvalue weighted by Gasteiger charge is -2.07. The van der Waals surface area contributed by atoms with Crippen LogP contribution in [0, 0.1) is 5.82 Å². The summed E-state index contributed by atoms with van der Waals surface area (Å²) in [4.78, 5) is 11.7. The second-order valence-corrected chi connectivity index (χ2v) is 6.47. The number of carbonyl (C=O) groups excluding carboxylic acids is 1. The third kappa shape index (κ3) is 3.23. The number of sulfonamides is 1. The van der Waals surface area contributed by atoms with Crippen LogP contribution in [-0.4, -0.2) is 14.3 Å². The highest BCUT2D eigenvalue weighted by Crippen LogP contribution is 2.15. The Bertz CT molecular complexity index is 744. The fraction of sp³-hybridized carbons (Fsp3) is 0. The lowest BCUT2D eigenvalue weighted by Crippen LogP contribution is -2.31. The van der Waals surface area contributed by atoms with E-state index in [-0.39, 0.29) is 10.5 Å². The summed E-state index contributed by atoms with van der Waals surface area (Å²) in [6.45, 7) is 0. The summed E-state index contributed by atoms with van der Waals surface area (Å²) in [6.07, 6.45) is 0. The van der Waals surface area contributed by atoms with Crippen LogP contribution in [-0.2, 0) is 10.0 Å². The summed E-state index contributed by atoms with van der Waals surface area (Å²) < 4.78 is 39.9. The van der Waals surface area contributed by atoms with Gasteiger partial charge in [0, 0.05) is 4.47 Å². The maximum atomic E-state index is 13.4. The van der Waals surface area contributed by atoms with Crippen molar-refractivity contribution in [3.63, 3.8) is 0 Å². The van der Waals surface area contributed by atoms with Gasteiger partial charge in [-0.3, -0.25) is 4.79 Å². The molecule has 0 atom stereocenters. The normalized spacial score (nSPS) is 11.1. The first kappa shape index (κ1) is 14.7. The van der Waals surface area contributed by atoms with E-state index in [1.807, 2.05) is 4.72 Å². The molecule has 104 valence electrons. The molecular formula is C13H9BrFNO3S. The van der Waals surface area contributed by atoms with Crippen molar-refractivity contribution in [3.05, 3.63) is 64.4 Å². The van der Waals surface area contributed by atoms with E-state index in [2.05, 4.69) is 15.9 Å². The second-order valence-electron chi connectivity index (χ2n) is 3.87. The van der Waals surface area contributed by atoms with Crippen LogP contribution in [0.3, 0.4) is 0 Å². The van der Waals surface area contributed by atoms with Gasteiger partial charge in [-0.2, -0.15) is 0 Å². The largest absolute Gasteiger partial charge is 0.268 e. The maximum Gasteiger partial charge on any atom is 0.267 e. The minimum Gasteiger partial charge on any atom is -0.268 e. The summed E-state index contributed by atoms with van der Waals surface area (Å²) >= 11 is 3.18. The SMILES string of the molecule is O=C(NS(=O)(=O)c1ccc(Br)cc1)c1ccccc1F. The fourth-order valence-electron chi connectivity index (χ4n) is 1.50. The van der Waals surface area contributed by atoms with E-state index >= 15 is 0 Å². The molecular weight excluding hydrogens is 349 g/mol. The molecule has 0 saturated heterocycles. The molecule has 2 aromatic rings. The van der Waals surface area contributed by atoms with Crippen LogP contribution in [0.15, 0.2) is 57.9 Å². The number of carbonyl (C=O) groups is 1. The maximum absolute atomic E-state index is 13.4. The minimum atomic E-state index is -4.03. The Labute approximate surface area is 123 Å². The number of hydrogen-bond donors (Lipinski definition) is 1. The van der Waals surface area contributed by atoms with Crippen molar-refractivity contribution in [1.29, 1.82) is 0 Å². The van der Waals surface area contributed by atoms with Crippen molar-refractivity contribution < 1.29 is 17.6 Å². The molecule has 0 radical (unpaired) electrons. The Kier molecular flexibility index (Phi) is 4.20.